The van der Waals surface area contributed by atoms with Crippen molar-refractivity contribution >= 4 is 29.1 Å². The summed E-state index contributed by atoms with van der Waals surface area (Å²) in [5.41, 5.74) is 0.512. The van der Waals surface area contributed by atoms with E-state index in [4.69, 9.17) is 4.42 Å². The predicted molar refractivity (Wildman–Crippen MR) is 87.8 cm³/mol. The molecule has 8 heteroatoms. The maximum Gasteiger partial charge on any atom is 0.261 e. The van der Waals surface area contributed by atoms with Crippen molar-refractivity contribution < 1.29 is 18.8 Å². The van der Waals surface area contributed by atoms with E-state index in [-0.39, 0.29) is 24.3 Å². The van der Waals surface area contributed by atoms with Crippen molar-refractivity contribution in [3.8, 4) is 0 Å². The molecule has 0 saturated carbocycles. The van der Waals surface area contributed by atoms with E-state index in [0.29, 0.717) is 36.6 Å². The van der Waals surface area contributed by atoms with Crippen LogP contribution < -0.4 is 5.32 Å². The Kier molecular flexibility index (Phi) is 4.95. The summed E-state index contributed by atoms with van der Waals surface area (Å²) in [4.78, 5) is 40.1. The second-order valence-corrected chi connectivity index (χ2v) is 6.29. The normalized spacial score (nSPS) is 14.5. The van der Waals surface area contributed by atoms with Crippen molar-refractivity contribution in [2.24, 2.45) is 0 Å². The van der Waals surface area contributed by atoms with Crippen LogP contribution in [0.3, 0.4) is 0 Å². The zero-order chi connectivity index (χ0) is 16.9. The number of hydrogen-bond donors (Lipinski definition) is 1. The summed E-state index contributed by atoms with van der Waals surface area (Å²) >= 11 is 1.33. The number of nitrogens with zero attached hydrogens (tertiary/aromatic N) is 2. The smallest absolute Gasteiger partial charge is 0.261 e. The van der Waals surface area contributed by atoms with Crippen LogP contribution in [0.5, 0.6) is 0 Å². The predicted octanol–water partition coefficient (Wildman–Crippen LogP) is 1.06. The molecule has 24 heavy (non-hydrogen) atoms. The van der Waals surface area contributed by atoms with Crippen molar-refractivity contribution in [3.63, 3.8) is 0 Å². The van der Waals surface area contributed by atoms with Crippen LogP contribution >= 0.6 is 11.3 Å². The third-order valence-electron chi connectivity index (χ3n) is 3.83. The molecule has 0 aliphatic carbocycles. The molecule has 2 aromatic rings. The van der Waals surface area contributed by atoms with Crippen molar-refractivity contribution in [3.05, 3.63) is 46.5 Å². The van der Waals surface area contributed by atoms with E-state index in [0.717, 1.165) is 0 Å². The summed E-state index contributed by atoms with van der Waals surface area (Å²) in [7, 11) is 0. The molecule has 126 valence electrons. The van der Waals surface area contributed by atoms with E-state index in [9.17, 15) is 14.4 Å². The Bertz CT molecular complexity index is 704. The largest absolute Gasteiger partial charge is 0.472 e. The lowest BCUT2D eigenvalue weighted by Crippen LogP contribution is -2.52. The number of nitrogens with one attached hydrogen (secondary N) is 1. The molecule has 3 rings (SSSR count). The number of amides is 3. The first kappa shape index (κ1) is 16.3. The lowest BCUT2D eigenvalue weighted by atomic mass is 10.2. The first-order valence-electron chi connectivity index (χ1n) is 7.56. The second kappa shape index (κ2) is 7.31. The van der Waals surface area contributed by atoms with Crippen molar-refractivity contribution in [2.45, 2.75) is 0 Å². The molecule has 1 N–H and O–H groups in total. The van der Waals surface area contributed by atoms with Crippen LogP contribution in [0.1, 0.15) is 20.0 Å². The van der Waals surface area contributed by atoms with E-state index in [1.165, 1.54) is 23.9 Å². The average Bonchev–Trinajstić information content (AvgIpc) is 3.32. The molecule has 0 aromatic carbocycles. The van der Waals surface area contributed by atoms with Gasteiger partial charge in [0, 0.05) is 26.2 Å². The van der Waals surface area contributed by atoms with E-state index >= 15 is 0 Å². The molecule has 7 nitrogen and oxygen atoms in total. The average molecular weight is 347 g/mol. The summed E-state index contributed by atoms with van der Waals surface area (Å²) in [6.07, 6.45) is 2.88. The van der Waals surface area contributed by atoms with Gasteiger partial charge in [-0.1, -0.05) is 6.07 Å². The number of carbonyl (C=O) groups excluding carboxylic acids is 3. The maximum absolute atomic E-state index is 12.2. The van der Waals surface area contributed by atoms with Gasteiger partial charge in [0.15, 0.2) is 0 Å². The Labute approximate surface area is 142 Å². The molecule has 3 heterocycles. The van der Waals surface area contributed by atoms with Gasteiger partial charge in [0.05, 0.1) is 23.2 Å². The van der Waals surface area contributed by atoms with Gasteiger partial charge in [0.25, 0.3) is 11.8 Å². The number of piperazine rings is 1. The van der Waals surface area contributed by atoms with Gasteiger partial charge >= 0.3 is 0 Å². The number of thiophene rings is 1. The van der Waals surface area contributed by atoms with Crippen molar-refractivity contribution in [2.75, 3.05) is 32.7 Å². The van der Waals surface area contributed by atoms with Gasteiger partial charge in [-0.3, -0.25) is 14.4 Å². The second-order valence-electron chi connectivity index (χ2n) is 5.34. The number of carbonyl (C=O) groups is 3. The fourth-order valence-electron chi connectivity index (χ4n) is 2.49. The van der Waals surface area contributed by atoms with Crippen LogP contribution in [0.2, 0.25) is 0 Å². The molecule has 1 fully saturated rings. The van der Waals surface area contributed by atoms with Gasteiger partial charge in [-0.05, 0) is 17.5 Å². The molecule has 0 radical (unpaired) electrons. The molecule has 3 amide bonds. The minimum absolute atomic E-state index is 0.0353. The maximum atomic E-state index is 12.2. The number of hydrogen-bond acceptors (Lipinski definition) is 5. The van der Waals surface area contributed by atoms with Gasteiger partial charge in [-0.2, -0.15) is 0 Å². The quantitative estimate of drug-likeness (QED) is 0.896. The fourth-order valence-corrected chi connectivity index (χ4v) is 3.13. The molecule has 0 bridgehead atoms. The van der Waals surface area contributed by atoms with Gasteiger partial charge in [0.1, 0.15) is 6.26 Å². The van der Waals surface area contributed by atoms with E-state index in [1.54, 1.807) is 28.0 Å². The van der Waals surface area contributed by atoms with Crippen LogP contribution in [-0.2, 0) is 4.79 Å². The Balaban J connectivity index is 1.45. The third-order valence-corrected chi connectivity index (χ3v) is 4.70. The van der Waals surface area contributed by atoms with Gasteiger partial charge < -0.3 is 19.5 Å². The summed E-state index contributed by atoms with van der Waals surface area (Å²) < 4.78 is 4.92. The lowest BCUT2D eigenvalue weighted by molar-refractivity contribution is -0.131. The zero-order valence-electron chi connectivity index (χ0n) is 12.9. The molecule has 1 saturated heterocycles. The summed E-state index contributed by atoms with van der Waals surface area (Å²) in [5, 5.41) is 4.44. The molecule has 2 aromatic heterocycles. The molecule has 0 spiro atoms. The molecule has 1 aliphatic heterocycles. The molecule has 0 unspecified atom stereocenters. The molecular formula is C16H17N3O4S. The van der Waals surface area contributed by atoms with E-state index < -0.39 is 0 Å². The monoisotopic (exact) mass is 347 g/mol. The van der Waals surface area contributed by atoms with Crippen LogP contribution in [0, 0.1) is 0 Å². The van der Waals surface area contributed by atoms with Crippen LogP contribution in [0.25, 0.3) is 0 Å². The Hall–Kier alpha value is -2.61. The minimum atomic E-state index is -0.243. The van der Waals surface area contributed by atoms with Crippen LogP contribution in [0.15, 0.2) is 40.5 Å². The van der Waals surface area contributed by atoms with Crippen molar-refractivity contribution in [1.82, 2.24) is 15.1 Å². The van der Waals surface area contributed by atoms with Crippen molar-refractivity contribution in [1.29, 1.82) is 0 Å². The van der Waals surface area contributed by atoms with Crippen LogP contribution in [0.4, 0.5) is 0 Å². The highest BCUT2D eigenvalue weighted by molar-refractivity contribution is 7.12. The molecular weight excluding hydrogens is 330 g/mol. The first-order valence-corrected chi connectivity index (χ1v) is 8.44. The highest BCUT2D eigenvalue weighted by Crippen LogP contribution is 2.10. The molecule has 1 aliphatic rings. The summed E-state index contributed by atoms with van der Waals surface area (Å²) in [6, 6.07) is 5.13. The SMILES string of the molecule is O=C(NCC(=O)N1CCN(C(=O)c2ccoc2)CC1)c1cccs1. The number of rotatable bonds is 4. The highest BCUT2D eigenvalue weighted by Gasteiger charge is 2.25. The summed E-state index contributed by atoms with van der Waals surface area (Å²) in [5.74, 6) is -0.482. The standard InChI is InChI=1S/C16H17N3O4S/c20-14(10-17-15(21)13-2-1-9-24-13)18-4-6-19(7-5-18)16(22)12-3-8-23-11-12/h1-3,8-9,11H,4-7,10H2,(H,17,21). The Morgan fingerprint density at radius 1 is 1.12 bits per heavy atom. The van der Waals surface area contributed by atoms with E-state index in [1.807, 2.05) is 5.38 Å². The zero-order valence-corrected chi connectivity index (χ0v) is 13.8. The minimum Gasteiger partial charge on any atom is -0.472 e. The fraction of sp³-hybridized carbons (Fsp3) is 0.312. The third kappa shape index (κ3) is 3.65. The van der Waals surface area contributed by atoms with Gasteiger partial charge in [-0.25, -0.2) is 0 Å². The topological polar surface area (TPSA) is 82.9 Å². The summed E-state index contributed by atoms with van der Waals surface area (Å²) in [6.45, 7) is 1.81. The van der Waals surface area contributed by atoms with Crippen LogP contribution in [-0.4, -0.2) is 60.2 Å². The van der Waals surface area contributed by atoms with Gasteiger partial charge in [0.2, 0.25) is 5.91 Å². The lowest BCUT2D eigenvalue weighted by Gasteiger charge is -2.34. The van der Waals surface area contributed by atoms with E-state index in [2.05, 4.69) is 5.32 Å². The Morgan fingerprint density at radius 2 is 1.88 bits per heavy atom. The Morgan fingerprint density at radius 3 is 2.50 bits per heavy atom. The highest BCUT2D eigenvalue weighted by atomic mass is 32.1. The first-order chi connectivity index (χ1) is 11.6. The number of furan rings is 1. The molecule has 0 atom stereocenters. The van der Waals surface area contributed by atoms with Gasteiger partial charge in [-0.15, -0.1) is 11.3 Å².